The van der Waals surface area contributed by atoms with Crippen molar-refractivity contribution >= 4 is 34.7 Å². The quantitative estimate of drug-likeness (QED) is 0.370. The summed E-state index contributed by atoms with van der Waals surface area (Å²) in [6.07, 6.45) is -0.0627. The van der Waals surface area contributed by atoms with Crippen LogP contribution < -0.4 is 5.32 Å². The monoisotopic (exact) mass is 584 g/mol. The van der Waals surface area contributed by atoms with Gasteiger partial charge in [0.05, 0.1) is 11.1 Å². The lowest BCUT2D eigenvalue weighted by Crippen LogP contribution is -2.50. The van der Waals surface area contributed by atoms with Crippen LogP contribution in [0.25, 0.3) is 0 Å². The predicted octanol–water partition coefficient (Wildman–Crippen LogP) is 4.60. The molecule has 3 aliphatic rings. The third kappa shape index (κ3) is 5.58. The maximum Gasteiger partial charge on any atom is 0.303 e. The second-order valence-electron chi connectivity index (χ2n) is 9.97. The van der Waals surface area contributed by atoms with Crippen LogP contribution in [0.3, 0.4) is 0 Å². The normalized spacial score (nSPS) is 27.3. The van der Waals surface area contributed by atoms with Gasteiger partial charge in [0.2, 0.25) is 0 Å². The number of halogens is 4. The number of benzene rings is 1. The molecule has 0 amide bonds. The van der Waals surface area contributed by atoms with Crippen molar-refractivity contribution in [1.29, 1.82) is 0 Å². The van der Waals surface area contributed by atoms with Crippen LogP contribution in [0.15, 0.2) is 46.0 Å². The number of aliphatic carboxylic acids is 1. The van der Waals surface area contributed by atoms with Gasteiger partial charge < -0.3 is 20.3 Å². The summed E-state index contributed by atoms with van der Waals surface area (Å²) in [5, 5.41) is 25.6. The zero-order valence-electron chi connectivity index (χ0n) is 21.0. The summed E-state index contributed by atoms with van der Waals surface area (Å²) in [4.78, 5) is 22.0. The number of nitrogens with one attached hydrogen (secondary N) is 1. The van der Waals surface area contributed by atoms with Crippen molar-refractivity contribution in [2.24, 2.45) is 10.9 Å². The smallest absolute Gasteiger partial charge is 0.303 e. The Morgan fingerprint density at radius 3 is 2.85 bits per heavy atom. The van der Waals surface area contributed by atoms with Gasteiger partial charge in [-0.15, -0.1) is 11.3 Å². The predicted molar refractivity (Wildman–Crippen MR) is 139 cm³/mol. The van der Waals surface area contributed by atoms with E-state index in [1.165, 1.54) is 23.5 Å². The number of alkyl halides is 2. The van der Waals surface area contributed by atoms with Crippen molar-refractivity contribution < 1.29 is 32.9 Å². The number of nitrogens with zero attached hydrogens (tertiary/aromatic N) is 3. The summed E-state index contributed by atoms with van der Waals surface area (Å²) in [5.74, 6) is -4.69. The largest absolute Gasteiger partial charge is 0.481 e. The van der Waals surface area contributed by atoms with Crippen LogP contribution in [0, 0.1) is 11.7 Å². The summed E-state index contributed by atoms with van der Waals surface area (Å²) >= 11 is 7.66. The number of thiazole rings is 1. The third-order valence-corrected chi connectivity index (χ3v) is 8.68. The minimum Gasteiger partial charge on any atom is -0.481 e. The molecule has 2 saturated heterocycles. The van der Waals surface area contributed by atoms with E-state index in [-0.39, 0.29) is 54.5 Å². The number of piperidine rings is 1. The molecule has 210 valence electrons. The van der Waals surface area contributed by atoms with Crippen LogP contribution >= 0.6 is 22.9 Å². The minimum absolute atomic E-state index is 0.0159. The molecule has 5 rings (SSSR count). The summed E-state index contributed by atoms with van der Waals surface area (Å²) in [6, 6.07) is 1.58. The Balaban J connectivity index is 1.58. The van der Waals surface area contributed by atoms with Crippen molar-refractivity contribution in [3.63, 3.8) is 0 Å². The molecule has 2 bridgehead atoms. The van der Waals surface area contributed by atoms with E-state index < -0.39 is 42.1 Å². The molecular weight excluding hydrogens is 557 g/mol. The van der Waals surface area contributed by atoms with Gasteiger partial charge in [0, 0.05) is 60.4 Å². The molecule has 5 atom stereocenters. The topological polar surface area (TPSA) is 107 Å². The number of hydrogen-bond acceptors (Lipinski definition) is 8. The average Bonchev–Trinajstić information content (AvgIpc) is 3.45. The number of carboxylic acid groups (broad SMARTS) is 1. The number of carboxylic acids is 1. The SMILES string of the molecule is CCOC(O)C1=C(CN2[C@@H]3CC(CC(=O)O)C[C@H]2C(F)(F)C3)NC(c2nccs2)=N[C@H]1c1cccc(F)c1Cl. The van der Waals surface area contributed by atoms with Gasteiger partial charge >= 0.3 is 5.97 Å². The number of fused-ring (bicyclic) bond motifs is 2. The molecule has 2 unspecified atom stereocenters. The highest BCUT2D eigenvalue weighted by Gasteiger charge is 2.57. The number of aliphatic imine (C=N–C) groups is 1. The van der Waals surface area contributed by atoms with Crippen molar-refractivity contribution in [3.05, 3.63) is 62.5 Å². The molecule has 2 fully saturated rings. The Labute approximate surface area is 232 Å². The van der Waals surface area contributed by atoms with Gasteiger partial charge in [-0.05, 0) is 31.7 Å². The van der Waals surface area contributed by atoms with E-state index in [4.69, 9.17) is 21.3 Å². The van der Waals surface area contributed by atoms with Crippen LogP contribution in [0.2, 0.25) is 5.02 Å². The van der Waals surface area contributed by atoms with Crippen molar-refractivity contribution in [2.75, 3.05) is 13.2 Å². The molecule has 1 aromatic heterocycles. The van der Waals surface area contributed by atoms with Gasteiger partial charge in [-0.2, -0.15) is 0 Å². The van der Waals surface area contributed by atoms with Gasteiger partial charge in [-0.25, -0.2) is 18.2 Å². The first-order valence-electron chi connectivity index (χ1n) is 12.7. The van der Waals surface area contributed by atoms with E-state index in [0.29, 0.717) is 23.0 Å². The number of carbonyl (C=O) groups is 1. The van der Waals surface area contributed by atoms with E-state index in [1.54, 1.807) is 29.5 Å². The molecule has 0 radical (unpaired) electrons. The molecule has 0 spiro atoms. The zero-order valence-corrected chi connectivity index (χ0v) is 22.6. The number of aliphatic hydroxyl groups excluding tert-OH is 1. The number of aromatic nitrogens is 1. The van der Waals surface area contributed by atoms with E-state index in [2.05, 4.69) is 10.3 Å². The Morgan fingerprint density at radius 1 is 1.38 bits per heavy atom. The molecule has 1 aromatic carbocycles. The third-order valence-electron chi connectivity index (χ3n) is 7.50. The standard InChI is InChI=1S/C26H28ClF3N4O4S/c1-2-38-25(37)20-17(12-34-14-8-13(10-19(35)36)9-18(34)26(29,30)11-14)32-23(24-31-6-7-39-24)33-22(20)15-4-3-5-16(28)21(15)27/h3-7,13-14,18,22,25,37H,2,8-12H2,1H3,(H,32,33)(H,35,36)/t13?,14-,18+,22+,25?/m1/s1. The minimum atomic E-state index is -3.00. The summed E-state index contributed by atoms with van der Waals surface area (Å²) in [6.45, 7) is 1.83. The number of hydrogen-bond donors (Lipinski definition) is 3. The lowest BCUT2D eigenvalue weighted by molar-refractivity contribution is -0.139. The Bertz CT molecular complexity index is 1290. The molecule has 3 N–H and O–H groups in total. The molecule has 39 heavy (non-hydrogen) atoms. The number of amidine groups is 1. The Morgan fingerprint density at radius 2 is 2.18 bits per heavy atom. The first kappa shape index (κ1) is 28.0. The van der Waals surface area contributed by atoms with Gasteiger partial charge in [-0.1, -0.05) is 23.7 Å². The molecule has 2 aromatic rings. The highest BCUT2D eigenvalue weighted by atomic mass is 35.5. The molecule has 0 saturated carbocycles. The molecule has 0 aliphatic carbocycles. The number of aliphatic hydroxyl groups is 1. The first-order valence-corrected chi connectivity index (χ1v) is 13.9. The summed E-state index contributed by atoms with van der Waals surface area (Å²) in [5.41, 5.74) is 0.901. The van der Waals surface area contributed by atoms with E-state index in [1.807, 2.05) is 0 Å². The fourth-order valence-electron chi connectivity index (χ4n) is 5.91. The average molecular weight is 585 g/mol. The highest BCUT2D eigenvalue weighted by Crippen LogP contribution is 2.49. The van der Waals surface area contributed by atoms with E-state index in [9.17, 15) is 19.4 Å². The number of rotatable bonds is 9. The van der Waals surface area contributed by atoms with Crippen LogP contribution in [0.5, 0.6) is 0 Å². The second-order valence-corrected chi connectivity index (χ2v) is 11.2. The fourth-order valence-corrected chi connectivity index (χ4v) is 6.73. The lowest BCUT2D eigenvalue weighted by Gasteiger charge is -2.40. The van der Waals surface area contributed by atoms with Crippen LogP contribution in [0.1, 0.15) is 49.2 Å². The van der Waals surface area contributed by atoms with Gasteiger partial charge in [0.25, 0.3) is 5.92 Å². The molecule has 4 heterocycles. The lowest BCUT2D eigenvalue weighted by atomic mass is 9.87. The van der Waals surface area contributed by atoms with Crippen molar-refractivity contribution in [2.45, 2.75) is 62.9 Å². The van der Waals surface area contributed by atoms with Crippen LogP contribution in [-0.4, -0.2) is 69.3 Å². The van der Waals surface area contributed by atoms with Crippen molar-refractivity contribution in [3.8, 4) is 0 Å². The van der Waals surface area contributed by atoms with Gasteiger partial charge in [0.15, 0.2) is 17.1 Å². The molecule has 3 aliphatic heterocycles. The van der Waals surface area contributed by atoms with Crippen LogP contribution in [0.4, 0.5) is 13.2 Å². The molecular formula is C26H28ClF3N4O4S. The van der Waals surface area contributed by atoms with E-state index in [0.717, 1.165) is 0 Å². The number of ether oxygens (including phenoxy) is 1. The second kappa shape index (κ2) is 11.2. The highest BCUT2D eigenvalue weighted by molar-refractivity contribution is 7.11. The molecule has 8 nitrogen and oxygen atoms in total. The van der Waals surface area contributed by atoms with Gasteiger partial charge in [0.1, 0.15) is 11.9 Å². The van der Waals surface area contributed by atoms with Gasteiger partial charge in [-0.3, -0.25) is 14.7 Å². The first-order chi connectivity index (χ1) is 18.6. The maximum atomic E-state index is 15.1. The maximum absolute atomic E-state index is 15.1. The summed E-state index contributed by atoms with van der Waals surface area (Å²) < 4.78 is 50.3. The van der Waals surface area contributed by atoms with E-state index >= 15 is 8.78 Å². The van der Waals surface area contributed by atoms with Crippen LogP contribution in [-0.2, 0) is 9.53 Å². The summed E-state index contributed by atoms with van der Waals surface area (Å²) in [7, 11) is 0. The molecule has 13 heteroatoms. The zero-order chi connectivity index (χ0) is 27.9. The van der Waals surface area contributed by atoms with Crippen molar-refractivity contribution in [1.82, 2.24) is 15.2 Å². The Hall–Kier alpha value is -2.51. The Kier molecular flexibility index (Phi) is 8.03. The fraction of sp³-hybridized carbons (Fsp3) is 0.500.